The molecule has 0 bridgehead atoms. The van der Waals surface area contributed by atoms with Gasteiger partial charge in [0, 0.05) is 19.1 Å². The summed E-state index contributed by atoms with van der Waals surface area (Å²) in [5.41, 5.74) is 2.99. The number of hydrogen-bond acceptors (Lipinski definition) is 4. The van der Waals surface area contributed by atoms with Crippen LogP contribution in [0.4, 0.5) is 0 Å². The number of ether oxygens (including phenoxy) is 2. The van der Waals surface area contributed by atoms with Crippen molar-refractivity contribution in [1.82, 2.24) is 5.43 Å². The molecule has 2 rings (SSSR count). The smallest absolute Gasteiger partial charge is 0.0854 e. The predicted octanol–water partition coefficient (Wildman–Crippen LogP) is 2.23. The molecule has 1 aliphatic carbocycles. The van der Waals surface area contributed by atoms with Gasteiger partial charge in [0.15, 0.2) is 0 Å². The highest BCUT2D eigenvalue weighted by molar-refractivity contribution is 4.99. The van der Waals surface area contributed by atoms with Crippen molar-refractivity contribution in [1.29, 1.82) is 0 Å². The molecular formula is C15H30N2O2. The number of nitrogens with two attached hydrogens (primary N) is 1. The van der Waals surface area contributed by atoms with Gasteiger partial charge in [-0.2, -0.15) is 0 Å². The van der Waals surface area contributed by atoms with E-state index >= 15 is 0 Å². The summed E-state index contributed by atoms with van der Waals surface area (Å²) in [6.45, 7) is 6.90. The van der Waals surface area contributed by atoms with E-state index in [0.717, 1.165) is 45.0 Å². The fourth-order valence-electron chi connectivity index (χ4n) is 4.08. The zero-order chi connectivity index (χ0) is 13.7. The third kappa shape index (κ3) is 3.48. The Balaban J connectivity index is 2.13. The number of hydrazine groups is 1. The van der Waals surface area contributed by atoms with E-state index in [-0.39, 0.29) is 11.6 Å². The third-order valence-corrected chi connectivity index (χ3v) is 4.84. The Morgan fingerprint density at radius 2 is 2.26 bits per heavy atom. The zero-order valence-corrected chi connectivity index (χ0v) is 12.5. The van der Waals surface area contributed by atoms with Crippen molar-refractivity contribution in [3.8, 4) is 0 Å². The second-order valence-corrected chi connectivity index (χ2v) is 6.32. The van der Waals surface area contributed by atoms with E-state index in [4.69, 9.17) is 15.3 Å². The van der Waals surface area contributed by atoms with Crippen molar-refractivity contribution >= 4 is 0 Å². The van der Waals surface area contributed by atoms with Gasteiger partial charge in [-0.05, 0) is 38.5 Å². The summed E-state index contributed by atoms with van der Waals surface area (Å²) in [5, 5.41) is 0. The summed E-state index contributed by atoms with van der Waals surface area (Å²) >= 11 is 0. The number of nitrogens with one attached hydrogen (secondary N) is 1. The second-order valence-electron chi connectivity index (χ2n) is 6.32. The molecule has 4 atom stereocenters. The molecule has 4 heteroatoms. The van der Waals surface area contributed by atoms with Crippen LogP contribution in [0.25, 0.3) is 0 Å². The van der Waals surface area contributed by atoms with E-state index in [1.807, 2.05) is 0 Å². The predicted molar refractivity (Wildman–Crippen MR) is 76.6 cm³/mol. The van der Waals surface area contributed by atoms with Crippen molar-refractivity contribution in [3.05, 3.63) is 0 Å². The van der Waals surface area contributed by atoms with E-state index < -0.39 is 0 Å². The molecule has 112 valence electrons. The largest absolute Gasteiger partial charge is 0.381 e. The first-order valence-corrected chi connectivity index (χ1v) is 7.89. The molecule has 1 aliphatic heterocycles. The third-order valence-electron chi connectivity index (χ3n) is 4.84. The van der Waals surface area contributed by atoms with Crippen molar-refractivity contribution in [2.45, 2.75) is 64.0 Å². The summed E-state index contributed by atoms with van der Waals surface area (Å²) < 4.78 is 11.9. The monoisotopic (exact) mass is 270 g/mol. The SMILES string of the molecule is CCOC1(C(NN)C2CCCOC2)CCCC(C)C1. The molecule has 19 heavy (non-hydrogen) atoms. The minimum atomic E-state index is -0.0907. The fourth-order valence-corrected chi connectivity index (χ4v) is 4.08. The van der Waals surface area contributed by atoms with Gasteiger partial charge >= 0.3 is 0 Å². The standard InChI is InChI=1S/C15H30N2O2/c1-3-19-15(8-4-6-12(2)10-15)14(17-16)13-7-5-9-18-11-13/h12-14,17H,3-11,16H2,1-2H3. The Morgan fingerprint density at radius 3 is 2.84 bits per heavy atom. The van der Waals surface area contributed by atoms with Gasteiger partial charge in [-0.3, -0.25) is 11.3 Å². The molecule has 0 radical (unpaired) electrons. The quantitative estimate of drug-likeness (QED) is 0.594. The van der Waals surface area contributed by atoms with Crippen LogP contribution >= 0.6 is 0 Å². The average Bonchev–Trinajstić information content (AvgIpc) is 2.41. The van der Waals surface area contributed by atoms with Gasteiger partial charge in [0.1, 0.15) is 0 Å². The molecule has 0 aromatic carbocycles. The first-order chi connectivity index (χ1) is 9.22. The fraction of sp³-hybridized carbons (Fsp3) is 1.00. The highest BCUT2D eigenvalue weighted by atomic mass is 16.5. The summed E-state index contributed by atoms with van der Waals surface area (Å²) in [5.74, 6) is 7.11. The molecule has 1 saturated heterocycles. The Morgan fingerprint density at radius 1 is 1.42 bits per heavy atom. The van der Waals surface area contributed by atoms with Crippen LogP contribution in [0.15, 0.2) is 0 Å². The van der Waals surface area contributed by atoms with Crippen LogP contribution in [-0.4, -0.2) is 31.5 Å². The van der Waals surface area contributed by atoms with Gasteiger partial charge in [0.05, 0.1) is 18.2 Å². The van der Waals surface area contributed by atoms with Gasteiger partial charge in [0.25, 0.3) is 0 Å². The van der Waals surface area contributed by atoms with Crippen LogP contribution in [0.3, 0.4) is 0 Å². The molecule has 0 amide bonds. The number of rotatable bonds is 5. The van der Waals surface area contributed by atoms with Gasteiger partial charge in [-0.15, -0.1) is 0 Å². The minimum absolute atomic E-state index is 0.0907. The van der Waals surface area contributed by atoms with Gasteiger partial charge < -0.3 is 9.47 Å². The van der Waals surface area contributed by atoms with Crippen LogP contribution in [-0.2, 0) is 9.47 Å². The Bertz CT molecular complexity index is 265. The van der Waals surface area contributed by atoms with Crippen molar-refractivity contribution < 1.29 is 9.47 Å². The zero-order valence-electron chi connectivity index (χ0n) is 12.5. The lowest BCUT2D eigenvalue weighted by Gasteiger charge is -2.48. The highest BCUT2D eigenvalue weighted by Gasteiger charge is 2.46. The molecule has 2 aliphatic rings. The van der Waals surface area contributed by atoms with Crippen LogP contribution in [0.1, 0.15) is 52.4 Å². The van der Waals surface area contributed by atoms with Crippen molar-refractivity contribution in [2.75, 3.05) is 19.8 Å². The molecule has 1 heterocycles. The lowest BCUT2D eigenvalue weighted by molar-refractivity contribution is -0.124. The van der Waals surface area contributed by atoms with Gasteiger partial charge in [-0.25, -0.2) is 0 Å². The Hall–Kier alpha value is -0.160. The van der Waals surface area contributed by atoms with E-state index in [1.54, 1.807) is 0 Å². The summed E-state index contributed by atoms with van der Waals surface area (Å²) in [7, 11) is 0. The van der Waals surface area contributed by atoms with E-state index in [2.05, 4.69) is 19.3 Å². The van der Waals surface area contributed by atoms with Crippen LogP contribution < -0.4 is 11.3 Å². The maximum absolute atomic E-state index is 6.25. The molecule has 1 saturated carbocycles. The first kappa shape index (κ1) is 15.2. The lowest BCUT2D eigenvalue weighted by atomic mass is 9.70. The summed E-state index contributed by atoms with van der Waals surface area (Å²) in [4.78, 5) is 0. The van der Waals surface area contributed by atoms with Crippen molar-refractivity contribution in [3.63, 3.8) is 0 Å². The topological polar surface area (TPSA) is 56.5 Å². The minimum Gasteiger partial charge on any atom is -0.381 e. The van der Waals surface area contributed by atoms with Gasteiger partial charge in [0.2, 0.25) is 0 Å². The van der Waals surface area contributed by atoms with Crippen LogP contribution in [0, 0.1) is 11.8 Å². The molecule has 3 N–H and O–H groups in total. The average molecular weight is 270 g/mol. The normalized spacial score (nSPS) is 38.1. The maximum atomic E-state index is 6.25. The highest BCUT2D eigenvalue weighted by Crippen LogP contribution is 2.41. The first-order valence-electron chi connectivity index (χ1n) is 7.89. The van der Waals surface area contributed by atoms with E-state index in [0.29, 0.717) is 5.92 Å². The van der Waals surface area contributed by atoms with Crippen LogP contribution in [0.5, 0.6) is 0 Å². The molecule has 4 unspecified atom stereocenters. The molecule has 4 nitrogen and oxygen atoms in total. The molecule has 2 fully saturated rings. The lowest BCUT2D eigenvalue weighted by Crippen LogP contribution is -2.61. The molecular weight excluding hydrogens is 240 g/mol. The second kappa shape index (κ2) is 7.02. The van der Waals surface area contributed by atoms with Crippen LogP contribution in [0.2, 0.25) is 0 Å². The number of hydrogen-bond donors (Lipinski definition) is 2. The molecule has 0 aromatic rings. The Kier molecular flexibility index (Phi) is 5.63. The van der Waals surface area contributed by atoms with Crippen molar-refractivity contribution in [2.24, 2.45) is 17.7 Å². The molecule has 0 aromatic heterocycles. The van der Waals surface area contributed by atoms with E-state index in [9.17, 15) is 0 Å². The summed E-state index contributed by atoms with van der Waals surface area (Å²) in [6.07, 6.45) is 7.13. The molecule has 0 spiro atoms. The van der Waals surface area contributed by atoms with E-state index in [1.165, 1.54) is 19.3 Å². The van der Waals surface area contributed by atoms with Gasteiger partial charge in [-0.1, -0.05) is 19.8 Å². The Labute approximate surface area is 117 Å². The maximum Gasteiger partial charge on any atom is 0.0854 e. The summed E-state index contributed by atoms with van der Waals surface area (Å²) in [6, 6.07) is 0.218.